The van der Waals surface area contributed by atoms with Gasteiger partial charge in [0.05, 0.1) is 9.89 Å². The second kappa shape index (κ2) is 5.44. The summed E-state index contributed by atoms with van der Waals surface area (Å²) in [6.07, 6.45) is -1.33. The minimum Gasteiger partial charge on any atom is -0.480 e. The molecule has 0 aliphatic carbocycles. The van der Waals surface area contributed by atoms with Crippen LogP contribution in [0.2, 0.25) is 0 Å². The maximum absolute atomic E-state index is 11.8. The second-order valence-corrected chi connectivity index (χ2v) is 7.64. The molecule has 17 heavy (non-hydrogen) atoms. The number of aliphatic hydroxyl groups excluding tert-OH is 1. The molecule has 1 aromatic rings. The van der Waals surface area contributed by atoms with Crippen molar-refractivity contribution >= 4 is 43.3 Å². The van der Waals surface area contributed by atoms with Gasteiger partial charge in [0.1, 0.15) is 10.3 Å². The fourth-order valence-corrected chi connectivity index (χ4v) is 4.31. The van der Waals surface area contributed by atoms with E-state index in [0.29, 0.717) is 3.79 Å². The molecule has 0 unspecified atom stereocenters. The molecule has 0 bridgehead atoms. The maximum atomic E-state index is 11.8. The van der Waals surface area contributed by atoms with Crippen LogP contribution < -0.4 is 4.72 Å². The minimum atomic E-state index is -3.93. The lowest BCUT2D eigenvalue weighted by Crippen LogP contribution is -2.47. The number of carboxylic acid groups (broad SMARTS) is 1. The lowest BCUT2D eigenvalue weighted by molar-refractivity contribution is -0.141. The highest BCUT2D eigenvalue weighted by Gasteiger charge is 2.29. The van der Waals surface area contributed by atoms with Gasteiger partial charge in [-0.2, -0.15) is 4.72 Å². The van der Waals surface area contributed by atoms with Crippen LogP contribution in [0.3, 0.4) is 0 Å². The lowest BCUT2D eigenvalue weighted by Gasteiger charge is -2.16. The molecule has 0 aliphatic rings. The van der Waals surface area contributed by atoms with Gasteiger partial charge >= 0.3 is 5.97 Å². The van der Waals surface area contributed by atoms with E-state index < -0.39 is 28.1 Å². The Labute approximate surface area is 110 Å². The van der Waals surface area contributed by atoms with Gasteiger partial charge in [-0.05, 0) is 35.0 Å². The zero-order valence-corrected chi connectivity index (χ0v) is 11.8. The Balaban J connectivity index is 2.97. The molecule has 2 atom stereocenters. The average molecular weight is 344 g/mol. The molecular weight excluding hydrogens is 334 g/mol. The Hall–Kier alpha value is -0.480. The number of carboxylic acids is 1. The number of hydrogen-bond donors (Lipinski definition) is 3. The lowest BCUT2D eigenvalue weighted by atomic mass is 10.2. The predicted octanol–water partition coefficient (Wildman–Crippen LogP) is 0.623. The highest BCUT2D eigenvalue weighted by atomic mass is 79.9. The van der Waals surface area contributed by atoms with Gasteiger partial charge in [0.15, 0.2) is 0 Å². The van der Waals surface area contributed by atoms with Crippen LogP contribution in [-0.2, 0) is 14.8 Å². The quantitative estimate of drug-likeness (QED) is 0.727. The summed E-state index contributed by atoms with van der Waals surface area (Å²) in [6.45, 7) is 1.20. The van der Waals surface area contributed by atoms with Crippen LogP contribution in [0.4, 0.5) is 0 Å². The van der Waals surface area contributed by atoms with Crippen molar-refractivity contribution in [2.45, 2.75) is 23.3 Å². The van der Waals surface area contributed by atoms with Gasteiger partial charge in [-0.1, -0.05) is 0 Å². The number of rotatable bonds is 5. The molecule has 1 heterocycles. The summed E-state index contributed by atoms with van der Waals surface area (Å²) >= 11 is 4.06. The van der Waals surface area contributed by atoms with Gasteiger partial charge in [0.25, 0.3) is 10.0 Å². The molecule has 96 valence electrons. The Kier molecular flexibility index (Phi) is 4.67. The van der Waals surface area contributed by atoms with Crippen LogP contribution in [0.5, 0.6) is 0 Å². The van der Waals surface area contributed by atoms with E-state index in [1.807, 2.05) is 4.72 Å². The molecule has 9 heteroatoms. The van der Waals surface area contributed by atoms with Crippen LogP contribution in [0.1, 0.15) is 6.92 Å². The Morgan fingerprint density at radius 1 is 1.53 bits per heavy atom. The number of hydrogen-bond acceptors (Lipinski definition) is 5. The molecule has 0 fully saturated rings. The van der Waals surface area contributed by atoms with E-state index in [4.69, 9.17) is 5.11 Å². The van der Waals surface area contributed by atoms with Crippen LogP contribution in [-0.4, -0.2) is 36.7 Å². The molecule has 0 spiro atoms. The van der Waals surface area contributed by atoms with E-state index in [9.17, 15) is 18.3 Å². The molecule has 0 aromatic carbocycles. The van der Waals surface area contributed by atoms with E-state index >= 15 is 0 Å². The molecular formula is C8H10BrNO5S2. The van der Waals surface area contributed by atoms with Crippen LogP contribution in [0.15, 0.2) is 20.1 Å². The van der Waals surface area contributed by atoms with Gasteiger partial charge in [-0.25, -0.2) is 8.42 Å². The van der Waals surface area contributed by atoms with Gasteiger partial charge in [-0.3, -0.25) is 4.79 Å². The molecule has 0 amide bonds. The smallest absolute Gasteiger partial charge is 0.324 e. The number of aliphatic carboxylic acids is 1. The van der Waals surface area contributed by atoms with Crippen LogP contribution >= 0.6 is 27.3 Å². The minimum absolute atomic E-state index is 0.0173. The summed E-state index contributed by atoms with van der Waals surface area (Å²) in [5, 5.41) is 18.0. The molecule has 0 saturated heterocycles. The molecule has 6 nitrogen and oxygen atoms in total. The summed E-state index contributed by atoms with van der Waals surface area (Å²) < 4.78 is 26.1. The van der Waals surface area contributed by atoms with Gasteiger partial charge in [0.2, 0.25) is 0 Å². The molecule has 1 rings (SSSR count). The van der Waals surface area contributed by atoms with Crippen molar-refractivity contribution in [1.29, 1.82) is 0 Å². The van der Waals surface area contributed by atoms with Crippen molar-refractivity contribution in [3.63, 3.8) is 0 Å². The summed E-state index contributed by atoms with van der Waals surface area (Å²) in [5.74, 6) is -1.43. The number of sulfonamides is 1. The van der Waals surface area contributed by atoms with Crippen molar-refractivity contribution in [1.82, 2.24) is 4.72 Å². The van der Waals surface area contributed by atoms with Crippen molar-refractivity contribution in [3.8, 4) is 0 Å². The first-order valence-corrected chi connectivity index (χ1v) is 7.52. The van der Waals surface area contributed by atoms with Gasteiger partial charge < -0.3 is 10.2 Å². The van der Waals surface area contributed by atoms with Crippen molar-refractivity contribution < 1.29 is 23.4 Å². The number of halogens is 1. The largest absolute Gasteiger partial charge is 0.480 e. The van der Waals surface area contributed by atoms with Crippen molar-refractivity contribution in [3.05, 3.63) is 15.9 Å². The van der Waals surface area contributed by atoms with Gasteiger partial charge in [0, 0.05) is 0 Å². The zero-order valence-electron chi connectivity index (χ0n) is 8.62. The number of carbonyl (C=O) groups is 1. The molecule has 3 N–H and O–H groups in total. The first-order chi connectivity index (χ1) is 7.74. The van der Waals surface area contributed by atoms with Gasteiger partial charge in [-0.15, -0.1) is 11.3 Å². The molecule has 1 aromatic heterocycles. The first kappa shape index (κ1) is 14.6. The average Bonchev–Trinajstić information content (AvgIpc) is 2.61. The SMILES string of the molecule is C[C@@H](O)[C@H](NS(=O)(=O)c1ccc(Br)s1)C(=O)O. The predicted molar refractivity (Wildman–Crippen MR) is 65.4 cm³/mol. The maximum Gasteiger partial charge on any atom is 0.324 e. The van der Waals surface area contributed by atoms with E-state index in [1.165, 1.54) is 19.1 Å². The molecule has 0 radical (unpaired) electrons. The first-order valence-electron chi connectivity index (χ1n) is 4.42. The Bertz CT molecular complexity index is 510. The van der Waals surface area contributed by atoms with Crippen LogP contribution in [0, 0.1) is 0 Å². The fourth-order valence-electron chi connectivity index (χ4n) is 1.02. The number of nitrogens with one attached hydrogen (secondary N) is 1. The monoisotopic (exact) mass is 343 g/mol. The number of thiophene rings is 1. The van der Waals surface area contributed by atoms with E-state index in [-0.39, 0.29) is 4.21 Å². The van der Waals surface area contributed by atoms with E-state index in [2.05, 4.69) is 15.9 Å². The Morgan fingerprint density at radius 2 is 2.12 bits per heavy atom. The third-order valence-electron chi connectivity index (χ3n) is 1.84. The highest BCUT2D eigenvalue weighted by molar-refractivity contribution is 9.11. The fraction of sp³-hybridized carbons (Fsp3) is 0.375. The topological polar surface area (TPSA) is 104 Å². The summed E-state index contributed by atoms with van der Waals surface area (Å²) in [5.41, 5.74) is 0. The van der Waals surface area contributed by atoms with Crippen LogP contribution in [0.25, 0.3) is 0 Å². The zero-order chi connectivity index (χ0) is 13.2. The number of aliphatic hydroxyl groups is 1. The molecule has 0 aliphatic heterocycles. The standard InChI is InChI=1S/C8H10BrNO5S2/c1-4(11)7(8(12)13)10-17(14,15)6-3-2-5(9)16-6/h2-4,7,10-11H,1H3,(H,12,13)/t4-,7+/m1/s1. The van der Waals surface area contributed by atoms with E-state index in [0.717, 1.165) is 11.3 Å². The summed E-state index contributed by atoms with van der Waals surface area (Å²) in [7, 11) is -3.93. The Morgan fingerprint density at radius 3 is 2.47 bits per heavy atom. The van der Waals surface area contributed by atoms with Crippen molar-refractivity contribution in [2.24, 2.45) is 0 Å². The molecule has 0 saturated carbocycles. The summed E-state index contributed by atoms with van der Waals surface area (Å²) in [4.78, 5) is 10.8. The third kappa shape index (κ3) is 3.75. The van der Waals surface area contributed by atoms with Crippen molar-refractivity contribution in [2.75, 3.05) is 0 Å². The third-order valence-corrected chi connectivity index (χ3v) is 5.40. The summed E-state index contributed by atoms with van der Waals surface area (Å²) in [6, 6.07) is 1.32. The normalized spacial score (nSPS) is 15.5. The van der Waals surface area contributed by atoms with E-state index in [1.54, 1.807) is 0 Å². The second-order valence-electron chi connectivity index (χ2n) is 3.24. The highest BCUT2D eigenvalue weighted by Crippen LogP contribution is 2.26.